The molecule has 1 atom stereocenters. The summed E-state index contributed by atoms with van der Waals surface area (Å²) >= 11 is 0. The first-order chi connectivity index (χ1) is 8.69. The minimum absolute atomic E-state index is 0.715. The van der Waals surface area contributed by atoms with Crippen molar-refractivity contribution in [2.24, 2.45) is 5.41 Å². The summed E-state index contributed by atoms with van der Waals surface area (Å²) in [4.78, 5) is 5.29. The number of piperidine rings is 1. The summed E-state index contributed by atoms with van der Waals surface area (Å²) in [5.41, 5.74) is 0.715. The Kier molecular flexibility index (Phi) is 5.08. The summed E-state index contributed by atoms with van der Waals surface area (Å²) in [7, 11) is 2.26. The van der Waals surface area contributed by atoms with Gasteiger partial charge in [-0.25, -0.2) is 0 Å². The fraction of sp³-hybridized carbons (Fsp3) is 1.00. The molecular formula is C16H32N2. The molecule has 2 fully saturated rings. The third-order valence-electron chi connectivity index (χ3n) is 5.10. The highest BCUT2D eigenvalue weighted by atomic mass is 15.2. The summed E-state index contributed by atoms with van der Waals surface area (Å²) in [6.07, 6.45) is 9.84. The van der Waals surface area contributed by atoms with Gasteiger partial charge in [-0.05, 0) is 51.2 Å². The molecule has 2 nitrogen and oxygen atoms in total. The van der Waals surface area contributed by atoms with E-state index in [-0.39, 0.29) is 0 Å². The van der Waals surface area contributed by atoms with Gasteiger partial charge < -0.3 is 9.80 Å². The molecule has 1 unspecified atom stereocenters. The maximum atomic E-state index is 2.81. The lowest BCUT2D eigenvalue weighted by molar-refractivity contribution is -0.0416. The molecule has 2 rings (SSSR count). The first-order valence-corrected chi connectivity index (χ1v) is 8.12. The molecular weight excluding hydrogens is 220 g/mol. The van der Waals surface area contributed by atoms with Crippen molar-refractivity contribution in [1.29, 1.82) is 0 Å². The normalized spacial score (nSPS) is 26.2. The van der Waals surface area contributed by atoms with Crippen molar-refractivity contribution < 1.29 is 0 Å². The van der Waals surface area contributed by atoms with Gasteiger partial charge in [0.25, 0.3) is 0 Å². The zero-order valence-electron chi connectivity index (χ0n) is 12.7. The molecule has 0 aromatic heterocycles. The molecule has 0 aromatic rings. The van der Waals surface area contributed by atoms with Crippen molar-refractivity contribution in [3.05, 3.63) is 0 Å². The zero-order chi connectivity index (χ0) is 13.0. The van der Waals surface area contributed by atoms with Gasteiger partial charge in [0.05, 0.1) is 0 Å². The summed E-state index contributed by atoms with van der Waals surface area (Å²) < 4.78 is 0. The SMILES string of the molecule is CCCCC(CCC)N1CCC2(CC1)CN(C)C2. The van der Waals surface area contributed by atoms with E-state index in [4.69, 9.17) is 0 Å². The highest BCUT2D eigenvalue weighted by molar-refractivity contribution is 4.97. The van der Waals surface area contributed by atoms with E-state index in [1.807, 2.05) is 0 Å². The minimum Gasteiger partial charge on any atom is -0.305 e. The molecule has 0 amide bonds. The quantitative estimate of drug-likeness (QED) is 0.715. The third kappa shape index (κ3) is 3.27. The number of hydrogen-bond donors (Lipinski definition) is 0. The van der Waals surface area contributed by atoms with Crippen LogP contribution >= 0.6 is 0 Å². The van der Waals surface area contributed by atoms with Crippen LogP contribution in [0.4, 0.5) is 0 Å². The van der Waals surface area contributed by atoms with Crippen molar-refractivity contribution >= 4 is 0 Å². The fourth-order valence-electron chi connectivity index (χ4n) is 4.06. The van der Waals surface area contributed by atoms with Crippen molar-refractivity contribution in [1.82, 2.24) is 9.80 Å². The average Bonchev–Trinajstić information content (AvgIpc) is 2.34. The van der Waals surface area contributed by atoms with E-state index in [1.165, 1.54) is 71.1 Å². The Morgan fingerprint density at radius 2 is 1.67 bits per heavy atom. The summed E-state index contributed by atoms with van der Waals surface area (Å²) in [5.74, 6) is 0. The predicted molar refractivity (Wildman–Crippen MR) is 79.0 cm³/mol. The van der Waals surface area contributed by atoms with Crippen LogP contribution in [0.2, 0.25) is 0 Å². The minimum atomic E-state index is 0.715. The molecule has 0 bridgehead atoms. The Hall–Kier alpha value is -0.0800. The molecule has 2 heterocycles. The molecule has 1 spiro atoms. The van der Waals surface area contributed by atoms with Gasteiger partial charge in [-0.15, -0.1) is 0 Å². The van der Waals surface area contributed by atoms with Gasteiger partial charge in [0.15, 0.2) is 0 Å². The number of nitrogens with zero attached hydrogens (tertiary/aromatic N) is 2. The van der Waals surface area contributed by atoms with Gasteiger partial charge in [0, 0.05) is 19.1 Å². The Labute approximate surface area is 114 Å². The standard InChI is InChI=1S/C16H32N2/c1-4-6-8-15(7-5-2)18-11-9-16(10-12-18)13-17(3)14-16/h15H,4-14H2,1-3H3. The van der Waals surface area contributed by atoms with Gasteiger partial charge in [-0.3, -0.25) is 0 Å². The number of unbranched alkanes of at least 4 members (excludes halogenated alkanes) is 1. The van der Waals surface area contributed by atoms with Crippen molar-refractivity contribution in [2.75, 3.05) is 33.2 Å². The van der Waals surface area contributed by atoms with Crippen LogP contribution in [-0.2, 0) is 0 Å². The fourth-order valence-corrected chi connectivity index (χ4v) is 4.06. The van der Waals surface area contributed by atoms with Gasteiger partial charge >= 0.3 is 0 Å². The molecule has 0 aliphatic carbocycles. The number of likely N-dealkylation sites (tertiary alicyclic amines) is 2. The molecule has 2 aliphatic rings. The second-order valence-corrected chi connectivity index (χ2v) is 6.79. The number of hydrogen-bond acceptors (Lipinski definition) is 2. The molecule has 0 saturated carbocycles. The first kappa shape index (κ1) is 14.3. The lowest BCUT2D eigenvalue weighted by atomic mass is 9.72. The monoisotopic (exact) mass is 252 g/mol. The third-order valence-corrected chi connectivity index (χ3v) is 5.10. The van der Waals surface area contributed by atoms with Crippen LogP contribution < -0.4 is 0 Å². The highest BCUT2D eigenvalue weighted by Gasteiger charge is 2.43. The van der Waals surface area contributed by atoms with Crippen LogP contribution in [0.15, 0.2) is 0 Å². The second-order valence-electron chi connectivity index (χ2n) is 6.79. The average molecular weight is 252 g/mol. The maximum Gasteiger partial charge on any atom is 0.00951 e. The molecule has 2 saturated heterocycles. The van der Waals surface area contributed by atoms with Crippen LogP contribution in [0.5, 0.6) is 0 Å². The van der Waals surface area contributed by atoms with Crippen LogP contribution in [0.25, 0.3) is 0 Å². The Balaban J connectivity index is 1.79. The van der Waals surface area contributed by atoms with Crippen LogP contribution in [0.3, 0.4) is 0 Å². The predicted octanol–water partition coefficient (Wildman–Crippen LogP) is 3.37. The van der Waals surface area contributed by atoms with E-state index in [0.717, 1.165) is 6.04 Å². The molecule has 2 aliphatic heterocycles. The number of rotatable bonds is 6. The molecule has 0 aromatic carbocycles. The van der Waals surface area contributed by atoms with Crippen molar-refractivity contribution in [3.8, 4) is 0 Å². The van der Waals surface area contributed by atoms with Crippen LogP contribution in [-0.4, -0.2) is 49.1 Å². The van der Waals surface area contributed by atoms with Gasteiger partial charge in [-0.2, -0.15) is 0 Å². The summed E-state index contributed by atoms with van der Waals surface area (Å²) in [6, 6.07) is 0.880. The van der Waals surface area contributed by atoms with E-state index in [9.17, 15) is 0 Å². The lowest BCUT2D eigenvalue weighted by Crippen LogP contribution is -2.59. The molecule has 18 heavy (non-hydrogen) atoms. The Morgan fingerprint density at radius 1 is 1.00 bits per heavy atom. The van der Waals surface area contributed by atoms with Crippen LogP contribution in [0, 0.1) is 5.41 Å². The Bertz CT molecular complexity index is 235. The smallest absolute Gasteiger partial charge is 0.00951 e. The van der Waals surface area contributed by atoms with Gasteiger partial charge in [-0.1, -0.05) is 33.1 Å². The molecule has 106 valence electrons. The molecule has 0 N–H and O–H groups in total. The van der Waals surface area contributed by atoms with E-state index >= 15 is 0 Å². The van der Waals surface area contributed by atoms with Gasteiger partial charge in [0.2, 0.25) is 0 Å². The molecule has 0 radical (unpaired) electrons. The summed E-state index contributed by atoms with van der Waals surface area (Å²) in [6.45, 7) is 10.1. The second kappa shape index (κ2) is 6.38. The van der Waals surface area contributed by atoms with E-state index in [2.05, 4.69) is 30.7 Å². The highest BCUT2D eigenvalue weighted by Crippen LogP contribution is 2.40. The Morgan fingerprint density at radius 3 is 2.17 bits per heavy atom. The summed E-state index contributed by atoms with van der Waals surface area (Å²) in [5, 5.41) is 0. The maximum absolute atomic E-state index is 2.81. The van der Waals surface area contributed by atoms with Gasteiger partial charge in [0.1, 0.15) is 0 Å². The van der Waals surface area contributed by atoms with Crippen molar-refractivity contribution in [2.45, 2.75) is 64.8 Å². The van der Waals surface area contributed by atoms with E-state index in [1.54, 1.807) is 0 Å². The van der Waals surface area contributed by atoms with Crippen LogP contribution in [0.1, 0.15) is 58.8 Å². The molecule has 2 heteroatoms. The largest absolute Gasteiger partial charge is 0.305 e. The van der Waals surface area contributed by atoms with Crippen molar-refractivity contribution in [3.63, 3.8) is 0 Å². The topological polar surface area (TPSA) is 6.48 Å². The lowest BCUT2D eigenvalue weighted by Gasteiger charge is -2.54. The zero-order valence-corrected chi connectivity index (χ0v) is 12.7. The van der Waals surface area contributed by atoms with E-state index in [0.29, 0.717) is 5.41 Å². The first-order valence-electron chi connectivity index (χ1n) is 8.12. The van der Waals surface area contributed by atoms with E-state index < -0.39 is 0 Å².